The van der Waals surface area contributed by atoms with Gasteiger partial charge in [0.25, 0.3) is 0 Å². The van der Waals surface area contributed by atoms with Crippen molar-refractivity contribution in [3.05, 3.63) is 76.2 Å². The third kappa shape index (κ3) is 9.68. The van der Waals surface area contributed by atoms with Gasteiger partial charge in [-0.2, -0.15) is 4.31 Å². The van der Waals surface area contributed by atoms with Crippen LogP contribution in [0.3, 0.4) is 0 Å². The van der Waals surface area contributed by atoms with Crippen LogP contribution in [0.25, 0.3) is 0 Å². The number of aliphatic hydroxyl groups excluding tert-OH is 1. The van der Waals surface area contributed by atoms with Crippen LogP contribution in [0.5, 0.6) is 5.75 Å². The highest BCUT2D eigenvalue weighted by atomic mass is 32.2. The molecule has 1 aromatic heterocycles. The molecule has 1 saturated heterocycles. The number of nitrogens with zero attached hydrogens (tertiary/aromatic N) is 4. The van der Waals surface area contributed by atoms with Crippen molar-refractivity contribution >= 4 is 39.1 Å². The van der Waals surface area contributed by atoms with Crippen LogP contribution in [0.4, 0.5) is 4.79 Å². The Morgan fingerprint density at radius 2 is 1.72 bits per heavy atom. The summed E-state index contributed by atoms with van der Waals surface area (Å²) in [7, 11) is -2.51. The Labute approximate surface area is 299 Å². The van der Waals surface area contributed by atoms with Crippen LogP contribution in [0.1, 0.15) is 62.1 Å². The van der Waals surface area contributed by atoms with Gasteiger partial charge in [0.15, 0.2) is 10.8 Å². The predicted molar refractivity (Wildman–Crippen MR) is 193 cm³/mol. The average molecular weight is 728 g/mol. The number of benzene rings is 2. The molecule has 2 heterocycles. The minimum Gasteiger partial charge on any atom is -0.497 e. The van der Waals surface area contributed by atoms with Crippen LogP contribution >= 0.6 is 11.3 Å². The molecule has 0 aliphatic carbocycles. The second-order valence-corrected chi connectivity index (χ2v) is 16.1. The number of ether oxygens (including phenoxy) is 1. The maximum Gasteiger partial charge on any atom is 0.321 e. The Balaban J connectivity index is 1.55. The third-order valence-corrected chi connectivity index (χ3v) is 11.4. The first kappa shape index (κ1) is 38.9. The molecule has 1 unspecified atom stereocenters. The van der Waals surface area contributed by atoms with Crippen LogP contribution < -0.4 is 10.1 Å². The monoisotopic (exact) mass is 727 g/mol. The summed E-state index contributed by atoms with van der Waals surface area (Å²) < 4.78 is 34.1. The lowest BCUT2D eigenvalue weighted by Gasteiger charge is -2.34. The zero-order valence-corrected chi connectivity index (χ0v) is 31.2. The third-order valence-electron chi connectivity index (χ3n) is 8.57. The number of sulfonamides is 1. The Morgan fingerprint density at radius 1 is 1.04 bits per heavy atom. The number of urea groups is 1. The number of carbonyl (C=O) groups is 3. The molecule has 0 saturated carbocycles. The normalized spacial score (nSPS) is 15.5. The van der Waals surface area contributed by atoms with Crippen molar-refractivity contribution in [1.29, 1.82) is 0 Å². The highest BCUT2D eigenvalue weighted by molar-refractivity contribution is 7.89. The van der Waals surface area contributed by atoms with Crippen molar-refractivity contribution in [2.45, 2.75) is 77.1 Å². The van der Waals surface area contributed by atoms with Crippen LogP contribution in [0, 0.1) is 11.8 Å². The number of hydrogen-bond acceptors (Lipinski definition) is 9. The summed E-state index contributed by atoms with van der Waals surface area (Å²) in [6.45, 7) is 10.1. The number of nitrogens with one attached hydrogen (secondary N) is 1. The standard InChI is InChI=1S/C36H49N5O7S2/c1-7-31(42)35-37-27(23-49-35)21-39-17-18-41(36(39)45)33(25(4)5)34(44)38-30(19-26-11-9-8-10-12-26)32(43)22-40(20-24(2)3)50(46,47)29-15-13-28(48-6)14-16-29/h8-16,23-25,30,32-33,43H,7,17-22H2,1-6H3,(H,38,44)/t30-,32+,33?/m0/s1. The molecule has 14 heteroatoms. The van der Waals surface area contributed by atoms with Gasteiger partial charge in [0.1, 0.15) is 11.8 Å². The van der Waals surface area contributed by atoms with E-state index in [9.17, 15) is 27.9 Å². The molecule has 2 N–H and O–H groups in total. The van der Waals surface area contributed by atoms with E-state index in [0.29, 0.717) is 36.0 Å². The fourth-order valence-electron chi connectivity index (χ4n) is 5.99. The van der Waals surface area contributed by atoms with Gasteiger partial charge in [-0.15, -0.1) is 11.3 Å². The summed E-state index contributed by atoms with van der Waals surface area (Å²) in [5.41, 5.74) is 1.47. The highest BCUT2D eigenvalue weighted by Gasteiger charge is 2.40. The molecule has 2 aromatic carbocycles. The number of aliphatic hydroxyl groups is 1. The number of aromatic nitrogens is 1. The Morgan fingerprint density at radius 3 is 2.32 bits per heavy atom. The first-order valence-electron chi connectivity index (χ1n) is 16.9. The van der Waals surface area contributed by atoms with Crippen LogP contribution in [-0.4, -0.2) is 102 Å². The molecule has 0 spiro atoms. The zero-order chi connectivity index (χ0) is 36.6. The van der Waals surface area contributed by atoms with Gasteiger partial charge in [0.05, 0.1) is 36.4 Å². The van der Waals surface area contributed by atoms with Crippen LogP contribution in [-0.2, 0) is 27.8 Å². The lowest BCUT2D eigenvalue weighted by atomic mass is 9.97. The molecular formula is C36H49N5O7S2. The van der Waals surface area contributed by atoms with E-state index in [1.165, 1.54) is 39.8 Å². The molecule has 4 rings (SSSR count). The number of methoxy groups -OCH3 is 1. The van der Waals surface area contributed by atoms with E-state index in [4.69, 9.17) is 4.74 Å². The van der Waals surface area contributed by atoms with Crippen molar-refractivity contribution in [1.82, 2.24) is 24.4 Å². The fraction of sp³-hybridized carbons (Fsp3) is 0.500. The molecule has 0 radical (unpaired) electrons. The Kier molecular flexibility index (Phi) is 13.5. The number of Topliss-reactive ketones (excluding diaryl/α,β-unsaturated/α-hetero) is 1. The largest absolute Gasteiger partial charge is 0.497 e. The lowest BCUT2D eigenvalue weighted by Crippen LogP contribution is -2.57. The first-order chi connectivity index (χ1) is 23.7. The smallest absolute Gasteiger partial charge is 0.321 e. The van der Waals surface area contributed by atoms with Gasteiger partial charge in [0.2, 0.25) is 15.9 Å². The minimum absolute atomic E-state index is 0.0464. The maximum absolute atomic E-state index is 14.1. The van der Waals surface area contributed by atoms with Gasteiger partial charge in [-0.25, -0.2) is 18.2 Å². The minimum atomic E-state index is -4.01. The van der Waals surface area contributed by atoms with E-state index in [1.54, 1.807) is 29.3 Å². The maximum atomic E-state index is 14.1. The number of carbonyl (C=O) groups excluding carboxylic acids is 3. The van der Waals surface area contributed by atoms with Crippen molar-refractivity contribution in [2.24, 2.45) is 11.8 Å². The Hall–Kier alpha value is -3.85. The van der Waals surface area contributed by atoms with Gasteiger partial charge in [0, 0.05) is 38.0 Å². The molecule has 3 amide bonds. The van der Waals surface area contributed by atoms with E-state index in [2.05, 4.69) is 10.3 Å². The summed E-state index contributed by atoms with van der Waals surface area (Å²) in [5, 5.41) is 16.9. The number of hydrogen-bond donors (Lipinski definition) is 2. The van der Waals surface area contributed by atoms with Gasteiger partial charge < -0.3 is 25.0 Å². The quantitative estimate of drug-likeness (QED) is 0.183. The van der Waals surface area contributed by atoms with E-state index in [-0.39, 0.29) is 54.6 Å². The molecule has 1 aliphatic heterocycles. The van der Waals surface area contributed by atoms with Crippen molar-refractivity contribution in [2.75, 3.05) is 33.3 Å². The van der Waals surface area contributed by atoms with Crippen LogP contribution in [0.2, 0.25) is 0 Å². The molecule has 272 valence electrons. The van der Waals surface area contributed by atoms with Crippen LogP contribution in [0.15, 0.2) is 64.9 Å². The van der Waals surface area contributed by atoms with E-state index >= 15 is 0 Å². The number of thiazole rings is 1. The van der Waals surface area contributed by atoms with E-state index < -0.39 is 34.1 Å². The summed E-state index contributed by atoms with van der Waals surface area (Å²) in [4.78, 5) is 47.5. The topological polar surface area (TPSA) is 149 Å². The SMILES string of the molecule is CCC(=O)c1nc(CN2CCN(C(C(=O)N[C@@H](Cc3ccccc3)[C@H](O)CN(CC(C)C)S(=O)(=O)c3ccc(OC)cc3)C(C)C)C2=O)cs1. The predicted octanol–water partition coefficient (Wildman–Crippen LogP) is 4.44. The molecule has 12 nitrogen and oxygen atoms in total. The molecule has 3 aromatic rings. The number of ketones is 1. The first-order valence-corrected chi connectivity index (χ1v) is 19.3. The van der Waals surface area contributed by atoms with Crippen molar-refractivity contribution in [3.63, 3.8) is 0 Å². The number of amides is 3. The zero-order valence-electron chi connectivity index (χ0n) is 29.6. The van der Waals surface area contributed by atoms with Gasteiger partial charge in [-0.05, 0) is 48.1 Å². The number of rotatable bonds is 18. The summed E-state index contributed by atoms with van der Waals surface area (Å²) in [5.74, 6) is -0.285. The molecular weight excluding hydrogens is 679 g/mol. The average Bonchev–Trinajstić information content (AvgIpc) is 3.70. The second-order valence-electron chi connectivity index (χ2n) is 13.3. The highest BCUT2D eigenvalue weighted by Crippen LogP contribution is 2.24. The van der Waals surface area contributed by atoms with E-state index in [0.717, 1.165) is 5.56 Å². The second kappa shape index (κ2) is 17.4. The van der Waals surface area contributed by atoms with Gasteiger partial charge in [-0.1, -0.05) is 65.0 Å². The summed E-state index contributed by atoms with van der Waals surface area (Å²) in [6, 6.07) is 13.4. The van der Waals surface area contributed by atoms with Gasteiger partial charge >= 0.3 is 6.03 Å². The van der Waals surface area contributed by atoms with Crippen molar-refractivity contribution < 1.29 is 32.6 Å². The van der Waals surface area contributed by atoms with E-state index in [1.807, 2.05) is 58.0 Å². The summed E-state index contributed by atoms with van der Waals surface area (Å²) >= 11 is 1.26. The molecule has 50 heavy (non-hydrogen) atoms. The fourth-order valence-corrected chi connectivity index (χ4v) is 8.44. The molecule has 3 atom stereocenters. The molecule has 0 bridgehead atoms. The molecule has 1 fully saturated rings. The lowest BCUT2D eigenvalue weighted by molar-refractivity contribution is -0.128. The van der Waals surface area contributed by atoms with Crippen molar-refractivity contribution in [3.8, 4) is 5.75 Å². The molecule has 1 aliphatic rings. The summed E-state index contributed by atoms with van der Waals surface area (Å²) in [6.07, 6.45) is -0.698. The Bertz CT molecular complexity index is 1700. The van der Waals surface area contributed by atoms with Gasteiger partial charge in [-0.3, -0.25) is 9.59 Å².